The molecular weight excluding hydrogens is 240 g/mol. The number of nitrogens with zero attached hydrogens (tertiary/aromatic N) is 2. The summed E-state index contributed by atoms with van der Waals surface area (Å²) in [5, 5.41) is 10.2. The zero-order valence-corrected chi connectivity index (χ0v) is 10.2. The minimum atomic E-state index is -0.436. The van der Waals surface area contributed by atoms with Crippen LogP contribution < -0.4 is 0 Å². The lowest BCUT2D eigenvalue weighted by Crippen LogP contribution is -2.19. The highest BCUT2D eigenvalue weighted by Crippen LogP contribution is 2.30. The van der Waals surface area contributed by atoms with Crippen LogP contribution in [-0.2, 0) is 4.79 Å². The maximum Gasteiger partial charge on any atom is 0.273 e. The molecule has 0 saturated heterocycles. The summed E-state index contributed by atoms with van der Waals surface area (Å²) >= 11 is 5.84. The number of hydrogen-bond acceptors (Lipinski definition) is 3. The molecule has 17 heavy (non-hydrogen) atoms. The van der Waals surface area contributed by atoms with Crippen molar-refractivity contribution in [2.45, 2.75) is 19.8 Å². The average Bonchev–Trinajstić information content (AvgIpc) is 2.21. The van der Waals surface area contributed by atoms with Gasteiger partial charge in [-0.05, 0) is 31.0 Å². The third kappa shape index (κ3) is 2.22. The van der Waals surface area contributed by atoms with Crippen molar-refractivity contribution in [3.05, 3.63) is 40.4 Å². The molecule has 1 aromatic heterocycles. The lowest BCUT2D eigenvalue weighted by atomic mass is 9.89. The Morgan fingerprint density at radius 1 is 1.41 bits per heavy atom. The fourth-order valence-electron chi connectivity index (χ4n) is 1.90. The molecule has 2 heterocycles. The Morgan fingerprint density at radius 2 is 2.12 bits per heavy atom. The van der Waals surface area contributed by atoms with Gasteiger partial charge >= 0.3 is 0 Å². The molecule has 1 aliphatic heterocycles. The largest absolute Gasteiger partial charge is 0.511 e. The number of aliphatic imine (C=N–C) groups is 1. The number of aromatic nitrogens is 1. The van der Waals surface area contributed by atoms with Gasteiger partial charge in [0.2, 0.25) is 0 Å². The third-order valence-electron chi connectivity index (χ3n) is 2.69. The number of pyridine rings is 1. The van der Waals surface area contributed by atoms with E-state index in [1.807, 2.05) is 6.92 Å². The van der Waals surface area contributed by atoms with Gasteiger partial charge in [0, 0.05) is 18.0 Å². The Morgan fingerprint density at radius 3 is 2.76 bits per heavy atom. The minimum Gasteiger partial charge on any atom is -0.511 e. The molecule has 1 atom stereocenters. The van der Waals surface area contributed by atoms with Gasteiger partial charge in [-0.3, -0.25) is 4.79 Å². The van der Waals surface area contributed by atoms with Crippen molar-refractivity contribution in [1.29, 1.82) is 0 Å². The number of aliphatic hydroxyl groups is 1. The van der Waals surface area contributed by atoms with Crippen LogP contribution in [0.3, 0.4) is 0 Å². The predicted molar refractivity (Wildman–Crippen MR) is 65.6 cm³/mol. The maximum atomic E-state index is 11.2. The van der Waals surface area contributed by atoms with Gasteiger partial charge in [-0.2, -0.15) is 0 Å². The summed E-state index contributed by atoms with van der Waals surface area (Å²) in [6.07, 6.45) is 2.76. The second-order valence-corrected chi connectivity index (χ2v) is 4.34. The molecule has 1 amide bonds. The second-order valence-electron chi connectivity index (χ2n) is 3.96. The van der Waals surface area contributed by atoms with Gasteiger partial charge in [-0.15, -0.1) is 0 Å². The first-order valence-corrected chi connectivity index (χ1v) is 5.48. The number of allylic oxidation sites excluding steroid dienone is 1. The normalized spacial score (nSPS) is 19.9. The predicted octanol–water partition coefficient (Wildman–Crippen LogP) is 2.57. The van der Waals surface area contributed by atoms with Crippen LogP contribution in [0.4, 0.5) is 0 Å². The van der Waals surface area contributed by atoms with Gasteiger partial charge in [0.25, 0.3) is 5.91 Å². The highest BCUT2D eigenvalue weighted by atomic mass is 35.5. The first-order valence-electron chi connectivity index (χ1n) is 5.11. The van der Waals surface area contributed by atoms with E-state index in [1.54, 1.807) is 19.2 Å². The molecule has 5 heteroatoms. The fraction of sp³-hybridized carbons (Fsp3) is 0.250. The molecule has 2 rings (SSSR count). The standard InChI is InChI=1S/C12H11ClN2O2/c1-6-5-14-10(13)3-8(6)12-7(2)15-11(17)4-9(12)16/h3-5,12,16H,1-2H3. The van der Waals surface area contributed by atoms with Crippen molar-refractivity contribution in [3.63, 3.8) is 0 Å². The molecule has 88 valence electrons. The van der Waals surface area contributed by atoms with E-state index in [1.165, 1.54) is 0 Å². The molecule has 1 aromatic rings. The second kappa shape index (κ2) is 4.30. The van der Waals surface area contributed by atoms with E-state index in [9.17, 15) is 9.90 Å². The highest BCUT2D eigenvalue weighted by molar-refractivity contribution is 6.29. The van der Waals surface area contributed by atoms with Crippen LogP contribution >= 0.6 is 11.6 Å². The van der Waals surface area contributed by atoms with Gasteiger partial charge in [-0.25, -0.2) is 9.98 Å². The van der Waals surface area contributed by atoms with Crippen LogP contribution in [0.2, 0.25) is 5.15 Å². The molecule has 0 spiro atoms. The Labute approximate surface area is 104 Å². The Kier molecular flexibility index (Phi) is 2.98. The van der Waals surface area contributed by atoms with Crippen molar-refractivity contribution in [2.24, 2.45) is 4.99 Å². The van der Waals surface area contributed by atoms with Gasteiger partial charge in [0.1, 0.15) is 10.9 Å². The maximum absolute atomic E-state index is 11.2. The molecule has 0 bridgehead atoms. The molecule has 0 aliphatic carbocycles. The van der Waals surface area contributed by atoms with E-state index < -0.39 is 11.8 Å². The number of carbonyl (C=O) groups is 1. The number of carbonyl (C=O) groups excluding carboxylic acids is 1. The van der Waals surface area contributed by atoms with Crippen LogP contribution in [0.25, 0.3) is 0 Å². The van der Waals surface area contributed by atoms with Gasteiger partial charge in [-0.1, -0.05) is 11.6 Å². The summed E-state index contributed by atoms with van der Waals surface area (Å²) in [5.41, 5.74) is 2.26. The number of amides is 1. The first-order chi connectivity index (χ1) is 7.99. The van der Waals surface area contributed by atoms with E-state index in [0.29, 0.717) is 10.9 Å². The molecule has 1 unspecified atom stereocenters. The van der Waals surface area contributed by atoms with Crippen LogP contribution in [0.5, 0.6) is 0 Å². The number of aryl methyl sites for hydroxylation is 1. The summed E-state index contributed by atoms with van der Waals surface area (Å²) < 4.78 is 0. The van der Waals surface area contributed by atoms with E-state index in [2.05, 4.69) is 9.98 Å². The lowest BCUT2D eigenvalue weighted by Gasteiger charge is -2.21. The molecule has 4 nitrogen and oxygen atoms in total. The summed E-state index contributed by atoms with van der Waals surface area (Å²) in [6.45, 7) is 3.58. The van der Waals surface area contributed by atoms with Gasteiger partial charge in [0.15, 0.2) is 0 Å². The van der Waals surface area contributed by atoms with Crippen molar-refractivity contribution >= 4 is 23.2 Å². The van der Waals surface area contributed by atoms with Crippen LogP contribution in [0.1, 0.15) is 24.0 Å². The Hall–Kier alpha value is -1.68. The van der Waals surface area contributed by atoms with E-state index in [0.717, 1.165) is 17.2 Å². The van der Waals surface area contributed by atoms with Crippen molar-refractivity contribution in [2.75, 3.05) is 0 Å². The first kappa shape index (κ1) is 11.8. The molecule has 1 aliphatic rings. The molecule has 0 saturated carbocycles. The van der Waals surface area contributed by atoms with Crippen LogP contribution in [0.15, 0.2) is 29.1 Å². The van der Waals surface area contributed by atoms with Gasteiger partial charge in [0.05, 0.1) is 5.92 Å². The molecule has 0 aromatic carbocycles. The number of rotatable bonds is 1. The molecule has 0 fully saturated rings. The quantitative estimate of drug-likeness (QED) is 0.779. The minimum absolute atomic E-state index is 0.00660. The van der Waals surface area contributed by atoms with Crippen LogP contribution in [0, 0.1) is 6.92 Å². The topological polar surface area (TPSA) is 62.5 Å². The monoisotopic (exact) mass is 250 g/mol. The SMILES string of the molecule is CC1=NC(=O)C=C(O)C1c1cc(Cl)ncc1C. The molecule has 1 N–H and O–H groups in total. The van der Waals surface area contributed by atoms with E-state index in [-0.39, 0.29) is 5.76 Å². The zero-order valence-electron chi connectivity index (χ0n) is 9.44. The van der Waals surface area contributed by atoms with Crippen LogP contribution in [-0.4, -0.2) is 21.7 Å². The third-order valence-corrected chi connectivity index (χ3v) is 2.90. The summed E-state index contributed by atoms with van der Waals surface area (Å²) in [6, 6.07) is 1.68. The van der Waals surface area contributed by atoms with E-state index in [4.69, 9.17) is 11.6 Å². The number of halogens is 1. The smallest absolute Gasteiger partial charge is 0.273 e. The number of dihydropyridines is 1. The van der Waals surface area contributed by atoms with Crippen molar-refractivity contribution in [3.8, 4) is 0 Å². The zero-order chi connectivity index (χ0) is 12.6. The number of aliphatic hydroxyl groups excluding tert-OH is 1. The average molecular weight is 251 g/mol. The Bertz CT molecular complexity index is 527. The highest BCUT2D eigenvalue weighted by Gasteiger charge is 2.26. The van der Waals surface area contributed by atoms with Gasteiger partial charge < -0.3 is 5.11 Å². The summed E-state index contributed by atoms with van der Waals surface area (Å²) in [5.74, 6) is -0.852. The summed E-state index contributed by atoms with van der Waals surface area (Å²) in [4.78, 5) is 18.9. The van der Waals surface area contributed by atoms with Crippen molar-refractivity contribution in [1.82, 2.24) is 4.98 Å². The number of hydrogen-bond donors (Lipinski definition) is 1. The molecular formula is C12H11ClN2O2. The Balaban J connectivity index is 2.53. The summed E-state index contributed by atoms with van der Waals surface area (Å²) in [7, 11) is 0. The van der Waals surface area contributed by atoms with E-state index >= 15 is 0 Å². The fourth-order valence-corrected chi connectivity index (χ4v) is 2.07. The lowest BCUT2D eigenvalue weighted by molar-refractivity contribution is -0.113. The molecule has 0 radical (unpaired) electrons. The van der Waals surface area contributed by atoms with Crippen molar-refractivity contribution < 1.29 is 9.90 Å².